The molecule has 0 N–H and O–H groups in total. The monoisotopic (exact) mass is 150 g/mol. The summed E-state index contributed by atoms with van der Waals surface area (Å²) >= 11 is 0. The Labute approximate surface area is 69.7 Å². The summed E-state index contributed by atoms with van der Waals surface area (Å²) in [5.41, 5.74) is 1.60. The molecule has 0 radical (unpaired) electrons. The standard InChI is InChI=1S/C11H18/c1-9(11-7-8-11)10-5-3-2-4-6-10/h10-11H,1-8H2. The minimum Gasteiger partial charge on any atom is -0.0993 e. The molecule has 0 spiro atoms. The summed E-state index contributed by atoms with van der Waals surface area (Å²) in [6.45, 7) is 4.24. The summed E-state index contributed by atoms with van der Waals surface area (Å²) in [7, 11) is 0. The number of hydrogen-bond acceptors (Lipinski definition) is 0. The van der Waals surface area contributed by atoms with Crippen molar-refractivity contribution in [1.82, 2.24) is 0 Å². The van der Waals surface area contributed by atoms with Gasteiger partial charge in [-0.05, 0) is 37.5 Å². The first-order valence-electron chi connectivity index (χ1n) is 5.06. The summed E-state index contributed by atoms with van der Waals surface area (Å²) in [5.74, 6) is 1.86. The van der Waals surface area contributed by atoms with Crippen molar-refractivity contribution in [2.45, 2.75) is 44.9 Å². The van der Waals surface area contributed by atoms with E-state index in [1.807, 2.05) is 0 Å². The Bertz CT molecular complexity index is 147. The minimum absolute atomic E-state index is 0.913. The van der Waals surface area contributed by atoms with Gasteiger partial charge in [0.15, 0.2) is 0 Å². The molecule has 0 nitrogen and oxygen atoms in total. The predicted octanol–water partition coefficient (Wildman–Crippen LogP) is 3.53. The van der Waals surface area contributed by atoms with Gasteiger partial charge in [0.1, 0.15) is 0 Å². The largest absolute Gasteiger partial charge is 0.0993 e. The van der Waals surface area contributed by atoms with Crippen molar-refractivity contribution in [2.24, 2.45) is 11.8 Å². The lowest BCUT2D eigenvalue weighted by atomic mass is 9.83. The molecule has 2 saturated carbocycles. The Morgan fingerprint density at radius 2 is 1.36 bits per heavy atom. The molecule has 0 heterocycles. The Kier molecular flexibility index (Phi) is 2.02. The molecule has 0 heteroatoms. The van der Waals surface area contributed by atoms with Crippen LogP contribution in [0.15, 0.2) is 12.2 Å². The minimum atomic E-state index is 0.913. The fraction of sp³-hybridized carbons (Fsp3) is 0.818. The maximum Gasteiger partial charge on any atom is -0.0203 e. The molecular weight excluding hydrogens is 132 g/mol. The molecule has 0 atom stereocenters. The molecule has 2 aliphatic carbocycles. The van der Waals surface area contributed by atoms with Crippen molar-refractivity contribution in [3.8, 4) is 0 Å². The first-order valence-corrected chi connectivity index (χ1v) is 5.06. The van der Waals surface area contributed by atoms with E-state index in [2.05, 4.69) is 6.58 Å². The molecule has 0 amide bonds. The first-order chi connectivity index (χ1) is 5.38. The average Bonchev–Trinajstić information content (AvgIpc) is 2.87. The Balaban J connectivity index is 1.86. The molecule has 0 saturated heterocycles. The maximum atomic E-state index is 4.24. The van der Waals surface area contributed by atoms with Crippen molar-refractivity contribution in [3.63, 3.8) is 0 Å². The van der Waals surface area contributed by atoms with Crippen LogP contribution in [0, 0.1) is 11.8 Å². The van der Waals surface area contributed by atoms with Gasteiger partial charge in [-0.2, -0.15) is 0 Å². The van der Waals surface area contributed by atoms with Crippen molar-refractivity contribution in [2.75, 3.05) is 0 Å². The highest BCUT2D eigenvalue weighted by Gasteiger charge is 2.29. The topological polar surface area (TPSA) is 0 Å². The van der Waals surface area contributed by atoms with E-state index in [9.17, 15) is 0 Å². The average molecular weight is 150 g/mol. The highest BCUT2D eigenvalue weighted by atomic mass is 14.3. The van der Waals surface area contributed by atoms with Crippen LogP contribution in [-0.4, -0.2) is 0 Å². The van der Waals surface area contributed by atoms with Crippen LogP contribution < -0.4 is 0 Å². The van der Waals surface area contributed by atoms with Crippen molar-refractivity contribution in [1.29, 1.82) is 0 Å². The SMILES string of the molecule is C=C(C1CCCCC1)C1CC1. The molecule has 0 aromatic carbocycles. The van der Waals surface area contributed by atoms with E-state index >= 15 is 0 Å². The van der Waals surface area contributed by atoms with Gasteiger partial charge in [0.2, 0.25) is 0 Å². The predicted molar refractivity (Wildman–Crippen MR) is 48.4 cm³/mol. The van der Waals surface area contributed by atoms with E-state index in [0.717, 1.165) is 11.8 Å². The van der Waals surface area contributed by atoms with Gasteiger partial charge in [-0.1, -0.05) is 31.4 Å². The van der Waals surface area contributed by atoms with E-state index in [1.165, 1.54) is 44.9 Å². The lowest BCUT2D eigenvalue weighted by Gasteiger charge is -2.23. The second-order valence-electron chi connectivity index (χ2n) is 4.18. The zero-order valence-electron chi connectivity index (χ0n) is 7.31. The molecule has 0 unspecified atom stereocenters. The van der Waals surface area contributed by atoms with Crippen LogP contribution in [-0.2, 0) is 0 Å². The first kappa shape index (κ1) is 7.39. The third-order valence-corrected chi connectivity index (χ3v) is 3.23. The molecule has 0 aromatic heterocycles. The van der Waals surface area contributed by atoms with E-state index < -0.39 is 0 Å². The molecule has 2 aliphatic rings. The second kappa shape index (κ2) is 3.00. The molecular formula is C11H18. The number of allylic oxidation sites excluding steroid dienone is 1. The summed E-state index contributed by atoms with van der Waals surface area (Å²) in [6, 6.07) is 0. The number of rotatable bonds is 2. The van der Waals surface area contributed by atoms with Crippen molar-refractivity contribution < 1.29 is 0 Å². The van der Waals surface area contributed by atoms with Crippen LogP contribution >= 0.6 is 0 Å². The maximum absolute atomic E-state index is 4.24. The molecule has 0 bridgehead atoms. The Morgan fingerprint density at radius 1 is 0.818 bits per heavy atom. The van der Waals surface area contributed by atoms with Gasteiger partial charge in [0, 0.05) is 0 Å². The van der Waals surface area contributed by atoms with Crippen molar-refractivity contribution in [3.05, 3.63) is 12.2 Å². The van der Waals surface area contributed by atoms with Crippen LogP contribution in [0.2, 0.25) is 0 Å². The van der Waals surface area contributed by atoms with Gasteiger partial charge in [-0.3, -0.25) is 0 Å². The second-order valence-corrected chi connectivity index (χ2v) is 4.18. The van der Waals surface area contributed by atoms with E-state index in [0.29, 0.717) is 0 Å². The fourth-order valence-corrected chi connectivity index (χ4v) is 2.26. The van der Waals surface area contributed by atoms with Crippen LogP contribution in [0.4, 0.5) is 0 Å². The molecule has 11 heavy (non-hydrogen) atoms. The number of hydrogen-bond donors (Lipinski definition) is 0. The zero-order chi connectivity index (χ0) is 7.68. The Morgan fingerprint density at radius 3 is 1.91 bits per heavy atom. The molecule has 2 rings (SSSR count). The van der Waals surface area contributed by atoms with Crippen LogP contribution in [0.5, 0.6) is 0 Å². The smallest absolute Gasteiger partial charge is 0.0203 e. The van der Waals surface area contributed by atoms with Gasteiger partial charge in [-0.15, -0.1) is 0 Å². The van der Waals surface area contributed by atoms with Gasteiger partial charge in [-0.25, -0.2) is 0 Å². The summed E-state index contributed by atoms with van der Waals surface area (Å²) in [5, 5.41) is 0. The van der Waals surface area contributed by atoms with Gasteiger partial charge in [0.05, 0.1) is 0 Å². The molecule has 0 aliphatic heterocycles. The molecule has 62 valence electrons. The van der Waals surface area contributed by atoms with Crippen LogP contribution in [0.1, 0.15) is 44.9 Å². The fourth-order valence-electron chi connectivity index (χ4n) is 2.26. The van der Waals surface area contributed by atoms with Crippen LogP contribution in [0.25, 0.3) is 0 Å². The van der Waals surface area contributed by atoms with E-state index in [1.54, 1.807) is 5.57 Å². The third kappa shape index (κ3) is 1.66. The third-order valence-electron chi connectivity index (χ3n) is 3.23. The molecule has 0 aromatic rings. The molecule has 2 fully saturated rings. The van der Waals surface area contributed by atoms with E-state index in [-0.39, 0.29) is 0 Å². The Hall–Kier alpha value is -0.260. The highest BCUT2D eigenvalue weighted by molar-refractivity contribution is 5.11. The zero-order valence-corrected chi connectivity index (χ0v) is 7.31. The lowest BCUT2D eigenvalue weighted by Crippen LogP contribution is -2.09. The normalized spacial score (nSPS) is 26.9. The van der Waals surface area contributed by atoms with Gasteiger partial charge >= 0.3 is 0 Å². The summed E-state index contributed by atoms with van der Waals surface area (Å²) < 4.78 is 0. The van der Waals surface area contributed by atoms with E-state index in [4.69, 9.17) is 0 Å². The van der Waals surface area contributed by atoms with Crippen molar-refractivity contribution >= 4 is 0 Å². The summed E-state index contributed by atoms with van der Waals surface area (Å²) in [6.07, 6.45) is 10.1. The van der Waals surface area contributed by atoms with Gasteiger partial charge in [0.25, 0.3) is 0 Å². The van der Waals surface area contributed by atoms with Gasteiger partial charge < -0.3 is 0 Å². The quantitative estimate of drug-likeness (QED) is 0.528. The van der Waals surface area contributed by atoms with Crippen LogP contribution in [0.3, 0.4) is 0 Å². The highest BCUT2D eigenvalue weighted by Crippen LogP contribution is 2.43. The lowest BCUT2D eigenvalue weighted by molar-refractivity contribution is 0.393. The summed E-state index contributed by atoms with van der Waals surface area (Å²) in [4.78, 5) is 0.